The number of benzene rings is 1. The van der Waals surface area contributed by atoms with E-state index in [2.05, 4.69) is 0 Å². The lowest BCUT2D eigenvalue weighted by Gasteiger charge is -2.40. The summed E-state index contributed by atoms with van der Waals surface area (Å²) >= 11 is 0. The summed E-state index contributed by atoms with van der Waals surface area (Å²) in [6.45, 7) is -0.355. The normalized spacial score (nSPS) is 17.0. The van der Waals surface area contributed by atoms with Crippen molar-refractivity contribution in [2.45, 2.75) is 11.4 Å². The monoisotopic (exact) mass is 251 g/mol. The van der Waals surface area contributed by atoms with Gasteiger partial charge < -0.3 is 5.73 Å². The molecular weight excluding hydrogens is 244 g/mol. The number of nitrogens with two attached hydrogens (primary N) is 1. The number of hydrogen-bond donors (Lipinski definition) is 1. The number of rotatable bonds is 2. The van der Waals surface area contributed by atoms with Crippen LogP contribution in [-0.2, 0) is 6.54 Å². The van der Waals surface area contributed by atoms with Crippen molar-refractivity contribution in [1.29, 1.82) is 0 Å². The first kappa shape index (κ1) is 12.2. The molecule has 1 aromatic carbocycles. The van der Waals surface area contributed by atoms with E-state index in [0.29, 0.717) is 6.07 Å². The van der Waals surface area contributed by atoms with Crippen LogP contribution in [-0.4, -0.2) is 0 Å². The van der Waals surface area contributed by atoms with E-state index in [1.54, 1.807) is 0 Å². The fourth-order valence-electron chi connectivity index (χ4n) is 0.934. The van der Waals surface area contributed by atoms with Crippen molar-refractivity contribution in [3.05, 3.63) is 29.6 Å². The molecule has 0 saturated heterocycles. The third-order valence-corrected chi connectivity index (χ3v) is 2.83. The molecule has 0 heterocycles. The Morgan fingerprint density at radius 2 is 1.60 bits per heavy atom. The molecule has 1 nitrogen and oxygen atoms in total. The molecule has 1 rings (SSSR count). The largest absolute Gasteiger partial charge is 0.326 e. The van der Waals surface area contributed by atoms with Gasteiger partial charge in [-0.05, 0) is 12.1 Å². The van der Waals surface area contributed by atoms with E-state index < -0.39 is 20.9 Å². The van der Waals surface area contributed by atoms with Crippen LogP contribution in [0.25, 0.3) is 0 Å². The lowest BCUT2D eigenvalue weighted by atomic mass is 10.2. The van der Waals surface area contributed by atoms with E-state index in [-0.39, 0.29) is 24.2 Å². The van der Waals surface area contributed by atoms with Gasteiger partial charge in [0.25, 0.3) is 0 Å². The third-order valence-electron chi connectivity index (χ3n) is 1.69. The highest BCUT2D eigenvalue weighted by molar-refractivity contribution is 8.45. The first-order valence-corrected chi connectivity index (χ1v) is 5.62. The highest BCUT2D eigenvalue weighted by Gasteiger charge is 2.65. The Bertz CT molecular complexity index is 397. The summed E-state index contributed by atoms with van der Waals surface area (Å²) in [7, 11) is -9.78. The molecule has 0 aliphatic rings. The van der Waals surface area contributed by atoms with Gasteiger partial charge in [-0.2, -0.15) is 0 Å². The van der Waals surface area contributed by atoms with Gasteiger partial charge in [-0.3, -0.25) is 0 Å². The quantitative estimate of drug-likeness (QED) is 0.791. The molecule has 2 N–H and O–H groups in total. The Labute approximate surface area is 81.6 Å². The molecule has 1 aromatic rings. The summed E-state index contributed by atoms with van der Waals surface area (Å²) < 4.78 is 73.7. The Morgan fingerprint density at radius 1 is 1.07 bits per heavy atom. The van der Waals surface area contributed by atoms with Crippen molar-refractivity contribution >= 4 is 10.2 Å². The molecule has 88 valence electrons. The Morgan fingerprint density at radius 3 is 1.93 bits per heavy atom. The smallest absolute Gasteiger partial charge is 0.310 e. The molecule has 0 atom stereocenters. The van der Waals surface area contributed by atoms with E-state index in [1.807, 2.05) is 0 Å². The van der Waals surface area contributed by atoms with Gasteiger partial charge in [0, 0.05) is 12.1 Å². The fourth-order valence-corrected chi connectivity index (χ4v) is 1.58. The summed E-state index contributed by atoms with van der Waals surface area (Å²) in [5.41, 5.74) is 4.73. The maximum absolute atomic E-state index is 12.8. The Balaban J connectivity index is 3.39. The van der Waals surface area contributed by atoms with Gasteiger partial charge in [0.2, 0.25) is 0 Å². The van der Waals surface area contributed by atoms with Crippen LogP contribution < -0.4 is 5.73 Å². The zero-order chi connectivity index (χ0) is 12.0. The molecular formula is C7H7F6NS. The van der Waals surface area contributed by atoms with Crippen LogP contribution in [0.5, 0.6) is 0 Å². The van der Waals surface area contributed by atoms with E-state index in [4.69, 9.17) is 5.73 Å². The summed E-state index contributed by atoms with van der Waals surface area (Å²) in [6.07, 6.45) is 0. The van der Waals surface area contributed by atoms with Crippen LogP contribution in [0.2, 0.25) is 0 Å². The van der Waals surface area contributed by atoms with Gasteiger partial charge in [0.1, 0.15) is 10.7 Å². The first-order chi connectivity index (χ1) is 6.44. The van der Waals surface area contributed by atoms with Crippen LogP contribution in [0.15, 0.2) is 23.1 Å². The van der Waals surface area contributed by atoms with Gasteiger partial charge in [-0.25, -0.2) is 4.39 Å². The average molecular weight is 251 g/mol. The minimum absolute atomic E-state index is 0.132. The average Bonchev–Trinajstić information content (AvgIpc) is 2.00. The Hall–Kier alpha value is -0.890. The van der Waals surface area contributed by atoms with E-state index in [0.717, 1.165) is 0 Å². The van der Waals surface area contributed by atoms with Gasteiger partial charge in [0.15, 0.2) is 0 Å². The van der Waals surface area contributed by atoms with E-state index in [1.165, 1.54) is 0 Å². The highest BCUT2D eigenvalue weighted by Crippen LogP contribution is 3.02. The maximum atomic E-state index is 12.8. The third kappa shape index (κ3) is 2.78. The zero-order valence-electron chi connectivity index (χ0n) is 7.19. The van der Waals surface area contributed by atoms with Gasteiger partial charge in [-0.1, -0.05) is 25.5 Å². The highest BCUT2D eigenvalue weighted by atomic mass is 32.5. The number of hydrogen-bond acceptors (Lipinski definition) is 1. The second kappa shape index (κ2) is 2.62. The van der Waals surface area contributed by atoms with Crippen molar-refractivity contribution in [2.75, 3.05) is 0 Å². The van der Waals surface area contributed by atoms with Crippen molar-refractivity contribution in [3.8, 4) is 0 Å². The SMILES string of the molecule is NCc1ccc(S(F)(F)(F)(F)F)cc1F. The summed E-state index contributed by atoms with van der Waals surface area (Å²) in [5.74, 6) is -1.39. The predicted molar refractivity (Wildman–Crippen MR) is 45.7 cm³/mol. The van der Waals surface area contributed by atoms with E-state index in [9.17, 15) is 23.8 Å². The van der Waals surface area contributed by atoms with Crippen molar-refractivity contribution in [3.63, 3.8) is 0 Å². The van der Waals surface area contributed by atoms with Gasteiger partial charge in [-0.15, -0.1) is 0 Å². The summed E-state index contributed by atoms with van der Waals surface area (Å²) in [5, 5.41) is 0. The molecule has 0 bridgehead atoms. The molecule has 0 spiro atoms. The lowest BCUT2D eigenvalue weighted by molar-refractivity contribution is 0.363. The molecule has 0 unspecified atom stereocenters. The standard InChI is InChI=1S/C7H7F6NS/c8-7-3-6(2-1-5(7)4-14)15(9,10,11,12)13/h1-3H,4,14H2. The molecule has 0 aliphatic heterocycles. The van der Waals surface area contributed by atoms with Crippen LogP contribution in [0.4, 0.5) is 23.8 Å². The first-order valence-electron chi connectivity index (χ1n) is 3.66. The Kier molecular flexibility index (Phi) is 2.12. The molecule has 0 aliphatic carbocycles. The summed E-state index contributed by atoms with van der Waals surface area (Å²) in [4.78, 5) is -2.25. The van der Waals surface area contributed by atoms with Gasteiger partial charge in [0.05, 0.1) is 0 Å². The molecule has 0 radical (unpaired) electrons. The van der Waals surface area contributed by atoms with Crippen molar-refractivity contribution in [2.24, 2.45) is 5.73 Å². The second-order valence-electron chi connectivity index (χ2n) is 2.93. The maximum Gasteiger partial charge on any atom is 0.310 e. The summed E-state index contributed by atoms with van der Waals surface area (Å²) in [6, 6.07) is 0.499. The lowest BCUT2D eigenvalue weighted by Crippen LogP contribution is -2.08. The van der Waals surface area contributed by atoms with Crippen LogP contribution in [0.3, 0.4) is 0 Å². The van der Waals surface area contributed by atoms with Gasteiger partial charge >= 0.3 is 10.2 Å². The fraction of sp³-hybridized carbons (Fsp3) is 0.143. The number of halogens is 6. The molecule has 8 heteroatoms. The zero-order valence-corrected chi connectivity index (χ0v) is 8.01. The van der Waals surface area contributed by atoms with E-state index >= 15 is 0 Å². The topological polar surface area (TPSA) is 26.0 Å². The van der Waals surface area contributed by atoms with Crippen molar-refractivity contribution in [1.82, 2.24) is 0 Å². The van der Waals surface area contributed by atoms with Crippen molar-refractivity contribution < 1.29 is 23.8 Å². The molecule has 15 heavy (non-hydrogen) atoms. The molecule has 0 fully saturated rings. The second-order valence-corrected chi connectivity index (χ2v) is 5.34. The molecule has 0 aromatic heterocycles. The minimum atomic E-state index is -9.78. The van der Waals surface area contributed by atoms with Crippen LogP contribution in [0, 0.1) is 5.82 Å². The predicted octanol–water partition coefficient (Wildman–Crippen LogP) is 3.94. The minimum Gasteiger partial charge on any atom is -0.326 e. The van der Waals surface area contributed by atoms with Crippen LogP contribution in [0.1, 0.15) is 5.56 Å². The molecule has 0 amide bonds. The molecule has 0 saturated carbocycles. The van der Waals surface area contributed by atoms with Crippen LogP contribution >= 0.6 is 10.2 Å².